The monoisotopic (exact) mass is 659 g/mol. The molecule has 0 aromatic carbocycles. The van der Waals surface area contributed by atoms with E-state index in [0.29, 0.717) is 12.5 Å². The molecule has 46 heavy (non-hydrogen) atoms. The second-order valence-electron chi connectivity index (χ2n) is 13.7. The van der Waals surface area contributed by atoms with E-state index in [4.69, 9.17) is 0 Å². The fourth-order valence-electron chi connectivity index (χ4n) is 5.86. The number of carbonyl (C=O) groups is 1. The van der Waals surface area contributed by atoms with E-state index in [9.17, 15) is 50.8 Å². The lowest BCUT2D eigenvalue weighted by atomic mass is 9.95. The Morgan fingerprint density at radius 2 is 1.09 bits per heavy atom. The number of Topliss-reactive ketones (excluding diaryl/α,β-unsaturated/α-hetero) is 1. The van der Waals surface area contributed by atoms with Gasteiger partial charge in [0.1, 0.15) is 5.78 Å². The van der Waals surface area contributed by atoms with Gasteiger partial charge in [0, 0.05) is 31.2 Å². The van der Waals surface area contributed by atoms with Crippen molar-refractivity contribution in [2.24, 2.45) is 5.92 Å². The predicted octanol–water partition coefficient (Wildman–Crippen LogP) is 1.79. The predicted molar refractivity (Wildman–Crippen MR) is 178 cm³/mol. The zero-order valence-corrected chi connectivity index (χ0v) is 28.1. The Balaban J connectivity index is 2.19. The van der Waals surface area contributed by atoms with Crippen molar-refractivity contribution in [1.82, 2.24) is 5.32 Å². The van der Waals surface area contributed by atoms with Crippen LogP contribution in [-0.4, -0.2) is 119 Å². The lowest BCUT2D eigenvalue weighted by molar-refractivity contribution is -0.124. The number of hydrogen-bond acceptors (Lipinski definition) is 11. The molecule has 1 fully saturated rings. The summed E-state index contributed by atoms with van der Waals surface area (Å²) in [5.41, 5.74) is 0. The maximum absolute atomic E-state index is 11.7. The number of hydrogen-bond donors (Lipinski definition) is 10. The highest BCUT2D eigenvalue weighted by Crippen LogP contribution is 2.18. The summed E-state index contributed by atoms with van der Waals surface area (Å²) in [6, 6.07) is 0.589. The molecule has 9 atom stereocenters. The smallest absolute Gasteiger partial charge is 0.137 e. The molecule has 0 aromatic rings. The standard InChI is InChI=1S/C35H65NO10/c1-24(2)35(46)23-34(45)22-33(44)20-29(40)14-7-13-28(39)19-32(43)21-31(42)18-27(38)12-6-11-26(37)17-30(41)15-8-16-36-25-9-4-3-5-10-25/h6-7,12,14,24-34,36-45H,3-5,8-11,13,15-23H2,1-2H3. The molecule has 0 radical (unpaired) electrons. The van der Waals surface area contributed by atoms with Gasteiger partial charge in [0.05, 0.1) is 54.9 Å². The Labute approximate surface area is 276 Å². The molecule has 0 aromatic heterocycles. The van der Waals surface area contributed by atoms with Gasteiger partial charge in [-0.15, -0.1) is 0 Å². The number of aliphatic hydroxyl groups is 9. The summed E-state index contributed by atoms with van der Waals surface area (Å²) in [6.07, 6.45) is 5.99. The van der Waals surface area contributed by atoms with Gasteiger partial charge in [-0.05, 0) is 70.8 Å². The van der Waals surface area contributed by atoms with Gasteiger partial charge >= 0.3 is 0 Å². The number of carbonyl (C=O) groups excluding carboxylic acids is 1. The topological polar surface area (TPSA) is 211 Å². The van der Waals surface area contributed by atoms with Crippen LogP contribution >= 0.6 is 0 Å². The van der Waals surface area contributed by atoms with Gasteiger partial charge in [-0.25, -0.2) is 0 Å². The molecule has 10 N–H and O–H groups in total. The molecule has 1 rings (SSSR count). The highest BCUT2D eigenvalue weighted by atomic mass is 16.3. The van der Waals surface area contributed by atoms with Crippen LogP contribution in [0.25, 0.3) is 0 Å². The van der Waals surface area contributed by atoms with Crippen LogP contribution in [0.4, 0.5) is 0 Å². The maximum Gasteiger partial charge on any atom is 0.137 e. The van der Waals surface area contributed by atoms with Crippen LogP contribution < -0.4 is 5.32 Å². The summed E-state index contributed by atoms with van der Waals surface area (Å²) < 4.78 is 0. The molecular formula is C35H65NO10. The van der Waals surface area contributed by atoms with E-state index < -0.39 is 54.9 Å². The fraction of sp³-hybridized carbons (Fsp3) is 0.857. The molecule has 0 bridgehead atoms. The first-order valence-electron chi connectivity index (χ1n) is 17.5. The third-order valence-electron chi connectivity index (χ3n) is 8.57. The van der Waals surface area contributed by atoms with Gasteiger partial charge in [0.15, 0.2) is 0 Å². The lowest BCUT2D eigenvalue weighted by Gasteiger charge is -2.23. The Morgan fingerprint density at radius 3 is 1.61 bits per heavy atom. The highest BCUT2D eigenvalue weighted by Gasteiger charge is 2.20. The van der Waals surface area contributed by atoms with Crippen LogP contribution in [0.5, 0.6) is 0 Å². The van der Waals surface area contributed by atoms with Gasteiger partial charge in [-0.1, -0.05) is 57.4 Å². The third-order valence-corrected chi connectivity index (χ3v) is 8.57. The fourth-order valence-corrected chi connectivity index (χ4v) is 5.86. The Morgan fingerprint density at radius 1 is 0.630 bits per heavy atom. The summed E-state index contributed by atoms with van der Waals surface area (Å²) >= 11 is 0. The molecule has 0 heterocycles. The van der Waals surface area contributed by atoms with Crippen molar-refractivity contribution in [1.29, 1.82) is 0 Å². The molecule has 1 aliphatic carbocycles. The minimum atomic E-state index is -1.02. The zero-order valence-electron chi connectivity index (χ0n) is 28.1. The summed E-state index contributed by atoms with van der Waals surface area (Å²) in [7, 11) is 0. The number of nitrogens with one attached hydrogen (secondary N) is 1. The van der Waals surface area contributed by atoms with Crippen molar-refractivity contribution in [3.05, 3.63) is 24.3 Å². The van der Waals surface area contributed by atoms with Crippen molar-refractivity contribution in [3.63, 3.8) is 0 Å². The van der Waals surface area contributed by atoms with E-state index in [2.05, 4.69) is 5.32 Å². The van der Waals surface area contributed by atoms with Crippen LogP contribution in [0.15, 0.2) is 24.3 Å². The average Bonchev–Trinajstić information content (AvgIpc) is 2.95. The van der Waals surface area contributed by atoms with Gasteiger partial charge in [-0.3, -0.25) is 4.79 Å². The van der Waals surface area contributed by atoms with Gasteiger partial charge < -0.3 is 51.3 Å². The summed E-state index contributed by atoms with van der Waals surface area (Å²) in [6.45, 7) is 4.34. The number of ketones is 1. The van der Waals surface area contributed by atoms with Crippen LogP contribution in [0.2, 0.25) is 0 Å². The first-order chi connectivity index (χ1) is 21.7. The second kappa shape index (κ2) is 24.8. The molecule has 11 heteroatoms. The molecule has 11 nitrogen and oxygen atoms in total. The SMILES string of the molecule is CC(C)C(=O)CC(O)CC(O)CC(O)C=CCC(O)CC(O)CC(O)CC(O)C=CCC(O)CC(O)CCCNC1CCCCC1. The first kappa shape index (κ1) is 42.8. The molecule has 0 spiro atoms. The Bertz CT molecular complexity index is 834. The van der Waals surface area contributed by atoms with E-state index in [1.165, 1.54) is 50.3 Å². The highest BCUT2D eigenvalue weighted by molar-refractivity contribution is 5.80. The number of rotatable bonds is 26. The molecule has 1 saturated carbocycles. The van der Waals surface area contributed by atoms with E-state index in [1.807, 2.05) is 0 Å². The summed E-state index contributed by atoms with van der Waals surface area (Å²) in [5.74, 6) is -0.299. The van der Waals surface area contributed by atoms with Crippen molar-refractivity contribution in [3.8, 4) is 0 Å². The first-order valence-corrected chi connectivity index (χ1v) is 17.5. The van der Waals surface area contributed by atoms with Crippen molar-refractivity contribution >= 4 is 5.78 Å². The van der Waals surface area contributed by atoms with Crippen molar-refractivity contribution in [2.45, 2.75) is 178 Å². The van der Waals surface area contributed by atoms with Gasteiger partial charge in [0.2, 0.25) is 0 Å². The van der Waals surface area contributed by atoms with Crippen LogP contribution in [-0.2, 0) is 4.79 Å². The molecule has 0 saturated heterocycles. The van der Waals surface area contributed by atoms with Gasteiger partial charge in [-0.2, -0.15) is 0 Å². The van der Waals surface area contributed by atoms with Crippen LogP contribution in [0.3, 0.4) is 0 Å². The van der Waals surface area contributed by atoms with E-state index >= 15 is 0 Å². The minimum Gasteiger partial charge on any atom is -0.393 e. The molecule has 0 aliphatic heterocycles. The van der Waals surface area contributed by atoms with Crippen molar-refractivity contribution < 1.29 is 50.8 Å². The third kappa shape index (κ3) is 22.3. The Kier molecular flexibility index (Phi) is 23.1. The van der Waals surface area contributed by atoms with Crippen LogP contribution in [0, 0.1) is 5.92 Å². The van der Waals surface area contributed by atoms with E-state index in [0.717, 1.165) is 13.0 Å². The van der Waals surface area contributed by atoms with Crippen LogP contribution in [0.1, 0.15) is 117 Å². The minimum absolute atomic E-state index is 0.0205. The average molecular weight is 660 g/mol. The second-order valence-corrected chi connectivity index (χ2v) is 13.7. The van der Waals surface area contributed by atoms with E-state index in [-0.39, 0.29) is 69.5 Å². The molecule has 9 unspecified atom stereocenters. The summed E-state index contributed by atoms with van der Waals surface area (Å²) in [5, 5.41) is 95.0. The lowest BCUT2D eigenvalue weighted by Crippen LogP contribution is -2.32. The molecule has 270 valence electrons. The molecule has 0 amide bonds. The van der Waals surface area contributed by atoms with Crippen molar-refractivity contribution in [2.75, 3.05) is 6.54 Å². The zero-order chi connectivity index (χ0) is 34.5. The Hall–Kier alpha value is -1.25. The quantitative estimate of drug-likeness (QED) is 0.0478. The maximum atomic E-state index is 11.7. The summed E-state index contributed by atoms with van der Waals surface area (Å²) in [4.78, 5) is 11.7. The normalized spacial score (nSPS) is 20.9. The largest absolute Gasteiger partial charge is 0.393 e. The van der Waals surface area contributed by atoms with E-state index in [1.54, 1.807) is 19.9 Å². The molecular weight excluding hydrogens is 594 g/mol. The molecule has 1 aliphatic rings. The number of aliphatic hydroxyl groups excluding tert-OH is 9. The van der Waals surface area contributed by atoms with Gasteiger partial charge in [0.25, 0.3) is 0 Å².